The van der Waals surface area contributed by atoms with Crippen LogP contribution in [-0.2, 0) is 4.79 Å². The van der Waals surface area contributed by atoms with E-state index < -0.39 is 16.9 Å². The quantitative estimate of drug-likeness (QED) is 0.499. The summed E-state index contributed by atoms with van der Waals surface area (Å²) in [6, 6.07) is 0.854. The van der Waals surface area contributed by atoms with Crippen molar-refractivity contribution in [3.05, 3.63) is 28.6 Å². The second-order valence-corrected chi connectivity index (χ2v) is 5.53. The fourth-order valence-electron chi connectivity index (χ4n) is 2.66. The first-order valence-corrected chi connectivity index (χ1v) is 7.52. The van der Waals surface area contributed by atoms with E-state index >= 15 is 0 Å². The molecule has 0 atom stereocenters. The van der Waals surface area contributed by atoms with Crippen LogP contribution in [0.4, 0.5) is 16.2 Å². The largest absolute Gasteiger partial charge is 0.480 e. The van der Waals surface area contributed by atoms with Crippen molar-refractivity contribution in [3.8, 4) is 0 Å². The molecule has 24 heavy (non-hydrogen) atoms. The predicted molar refractivity (Wildman–Crippen MR) is 84.7 cm³/mol. The highest BCUT2D eigenvalue weighted by atomic mass is 16.6. The lowest BCUT2D eigenvalue weighted by Gasteiger charge is -2.42. The monoisotopic (exact) mass is 337 g/mol. The SMILES string of the molecule is CCN(CC(=O)O)C1CC(NC(=O)Nc2ccncc2[N+](=O)[O-])C1. The third-order valence-electron chi connectivity index (χ3n) is 3.95. The van der Waals surface area contributed by atoms with Crippen LogP contribution in [-0.4, -0.2) is 57.1 Å². The minimum absolute atomic E-state index is 0.0245. The van der Waals surface area contributed by atoms with Crippen molar-refractivity contribution in [2.45, 2.75) is 31.8 Å². The van der Waals surface area contributed by atoms with Gasteiger partial charge in [-0.05, 0) is 25.5 Å². The Kier molecular flexibility index (Phi) is 5.64. The number of hydrogen-bond acceptors (Lipinski definition) is 6. The Balaban J connectivity index is 1.83. The maximum atomic E-state index is 11.9. The number of carboxylic acids is 1. The first-order chi connectivity index (χ1) is 11.4. The van der Waals surface area contributed by atoms with Gasteiger partial charge in [0.1, 0.15) is 11.9 Å². The van der Waals surface area contributed by atoms with Gasteiger partial charge in [-0.25, -0.2) is 4.79 Å². The van der Waals surface area contributed by atoms with E-state index in [1.807, 2.05) is 11.8 Å². The number of carbonyl (C=O) groups is 2. The molecule has 0 aromatic carbocycles. The van der Waals surface area contributed by atoms with Gasteiger partial charge < -0.3 is 15.7 Å². The summed E-state index contributed by atoms with van der Waals surface area (Å²) < 4.78 is 0. The highest BCUT2D eigenvalue weighted by Crippen LogP contribution is 2.26. The topological polar surface area (TPSA) is 138 Å². The van der Waals surface area contributed by atoms with Crippen LogP contribution in [0.1, 0.15) is 19.8 Å². The highest BCUT2D eigenvalue weighted by molar-refractivity contribution is 5.91. The molecule has 1 fully saturated rings. The maximum absolute atomic E-state index is 11.9. The number of amides is 2. The van der Waals surface area contributed by atoms with Crippen molar-refractivity contribution >= 4 is 23.4 Å². The van der Waals surface area contributed by atoms with Gasteiger partial charge in [-0.1, -0.05) is 6.92 Å². The molecular formula is C14H19N5O5. The molecule has 2 amide bonds. The summed E-state index contributed by atoms with van der Waals surface area (Å²) >= 11 is 0. The normalized spacial score (nSPS) is 19.4. The number of carbonyl (C=O) groups excluding carboxylic acids is 1. The zero-order valence-corrected chi connectivity index (χ0v) is 13.1. The lowest BCUT2D eigenvalue weighted by atomic mass is 9.85. The zero-order chi connectivity index (χ0) is 17.7. The lowest BCUT2D eigenvalue weighted by molar-refractivity contribution is -0.384. The van der Waals surface area contributed by atoms with E-state index in [2.05, 4.69) is 15.6 Å². The van der Waals surface area contributed by atoms with Gasteiger partial charge in [0.25, 0.3) is 0 Å². The summed E-state index contributed by atoms with van der Waals surface area (Å²) in [5.74, 6) is -0.879. The smallest absolute Gasteiger partial charge is 0.319 e. The van der Waals surface area contributed by atoms with Crippen molar-refractivity contribution < 1.29 is 19.6 Å². The molecule has 0 spiro atoms. The molecule has 1 heterocycles. The molecule has 10 heteroatoms. The average Bonchev–Trinajstić information content (AvgIpc) is 2.48. The van der Waals surface area contributed by atoms with Crippen molar-refractivity contribution in [2.75, 3.05) is 18.4 Å². The predicted octanol–water partition coefficient (Wildman–Crippen LogP) is 1.05. The Hall–Kier alpha value is -2.75. The Bertz CT molecular complexity index is 632. The van der Waals surface area contributed by atoms with E-state index in [0.29, 0.717) is 19.4 Å². The second-order valence-electron chi connectivity index (χ2n) is 5.53. The molecule has 3 N–H and O–H groups in total. The Morgan fingerprint density at radius 1 is 1.50 bits per heavy atom. The molecule has 1 aliphatic carbocycles. The van der Waals surface area contributed by atoms with Gasteiger partial charge >= 0.3 is 17.7 Å². The molecule has 1 aliphatic rings. The minimum atomic E-state index is -0.879. The molecule has 130 valence electrons. The molecule has 0 aliphatic heterocycles. The number of nitrogens with one attached hydrogen (secondary N) is 2. The maximum Gasteiger partial charge on any atom is 0.319 e. The van der Waals surface area contributed by atoms with E-state index in [-0.39, 0.29) is 30.0 Å². The van der Waals surface area contributed by atoms with Crippen LogP contribution < -0.4 is 10.6 Å². The first kappa shape index (κ1) is 17.6. The molecule has 0 radical (unpaired) electrons. The second kappa shape index (κ2) is 7.68. The number of nitrogens with zero attached hydrogens (tertiary/aromatic N) is 3. The lowest BCUT2D eigenvalue weighted by Crippen LogP contribution is -2.55. The number of hydrogen-bond donors (Lipinski definition) is 3. The van der Waals surface area contributed by atoms with Gasteiger partial charge in [0.15, 0.2) is 0 Å². The van der Waals surface area contributed by atoms with Gasteiger partial charge in [0.05, 0.1) is 11.5 Å². The molecule has 0 unspecified atom stereocenters. The van der Waals surface area contributed by atoms with Crippen LogP contribution >= 0.6 is 0 Å². The van der Waals surface area contributed by atoms with Crippen LogP contribution in [0.5, 0.6) is 0 Å². The van der Waals surface area contributed by atoms with Crippen LogP contribution in [0.25, 0.3) is 0 Å². The number of aromatic nitrogens is 1. The number of carboxylic acid groups (broad SMARTS) is 1. The van der Waals surface area contributed by atoms with Gasteiger partial charge in [-0.15, -0.1) is 0 Å². The van der Waals surface area contributed by atoms with Gasteiger partial charge in [0, 0.05) is 18.3 Å². The fraction of sp³-hybridized carbons (Fsp3) is 0.500. The molecule has 1 aromatic rings. The van der Waals surface area contributed by atoms with Crippen molar-refractivity contribution in [1.29, 1.82) is 0 Å². The molecule has 10 nitrogen and oxygen atoms in total. The summed E-state index contributed by atoms with van der Waals surface area (Å²) in [5, 5.41) is 24.9. The van der Waals surface area contributed by atoms with Gasteiger partial charge in [0.2, 0.25) is 0 Å². The van der Waals surface area contributed by atoms with Crippen molar-refractivity contribution in [2.24, 2.45) is 0 Å². The third kappa shape index (κ3) is 4.38. The fourth-order valence-corrected chi connectivity index (χ4v) is 2.66. The standard InChI is InChI=1S/C14H19N5O5/c1-2-18(8-13(20)21)10-5-9(6-10)16-14(22)17-11-3-4-15-7-12(11)19(23)24/h3-4,7,9-10H,2,5-6,8H2,1H3,(H,20,21)(H2,15,16,17,22). The van der Waals surface area contributed by atoms with E-state index in [0.717, 1.165) is 6.20 Å². The minimum Gasteiger partial charge on any atom is -0.480 e. The van der Waals surface area contributed by atoms with Gasteiger partial charge in [-0.3, -0.25) is 24.8 Å². The number of pyridine rings is 1. The number of anilines is 1. The van der Waals surface area contributed by atoms with Crippen molar-refractivity contribution in [3.63, 3.8) is 0 Å². The van der Waals surface area contributed by atoms with Crippen LogP contribution in [0.3, 0.4) is 0 Å². The van der Waals surface area contributed by atoms with E-state index in [9.17, 15) is 19.7 Å². The summed E-state index contributed by atoms with van der Waals surface area (Å²) in [6.45, 7) is 2.49. The Morgan fingerprint density at radius 2 is 2.21 bits per heavy atom. The molecule has 1 aromatic heterocycles. The highest BCUT2D eigenvalue weighted by Gasteiger charge is 2.34. The summed E-state index contributed by atoms with van der Waals surface area (Å²) in [6.07, 6.45) is 3.72. The van der Waals surface area contributed by atoms with E-state index in [1.54, 1.807) is 0 Å². The number of aliphatic carboxylic acids is 1. The van der Waals surface area contributed by atoms with Crippen LogP contribution in [0, 0.1) is 10.1 Å². The number of rotatable bonds is 7. The summed E-state index contributed by atoms with van der Waals surface area (Å²) in [4.78, 5) is 38.5. The molecule has 1 saturated carbocycles. The Labute approximate surface area is 138 Å². The van der Waals surface area contributed by atoms with E-state index in [4.69, 9.17) is 5.11 Å². The zero-order valence-electron chi connectivity index (χ0n) is 13.1. The molecule has 0 bridgehead atoms. The van der Waals surface area contributed by atoms with Crippen LogP contribution in [0.15, 0.2) is 18.5 Å². The van der Waals surface area contributed by atoms with Crippen LogP contribution in [0.2, 0.25) is 0 Å². The van der Waals surface area contributed by atoms with Gasteiger partial charge in [-0.2, -0.15) is 0 Å². The third-order valence-corrected chi connectivity index (χ3v) is 3.95. The summed E-state index contributed by atoms with van der Waals surface area (Å²) in [7, 11) is 0. The Morgan fingerprint density at radius 3 is 2.79 bits per heavy atom. The number of likely N-dealkylation sites (N-methyl/N-ethyl adjacent to an activating group) is 1. The molecule has 2 rings (SSSR count). The molecular weight excluding hydrogens is 318 g/mol. The number of nitro groups is 1. The number of urea groups is 1. The summed E-state index contributed by atoms with van der Waals surface area (Å²) in [5.41, 5.74) is -0.206. The first-order valence-electron chi connectivity index (χ1n) is 7.52. The van der Waals surface area contributed by atoms with Crippen molar-refractivity contribution in [1.82, 2.24) is 15.2 Å². The van der Waals surface area contributed by atoms with E-state index in [1.165, 1.54) is 12.3 Å². The average molecular weight is 337 g/mol. The molecule has 0 saturated heterocycles.